The van der Waals surface area contributed by atoms with E-state index < -0.39 is 21.4 Å². The summed E-state index contributed by atoms with van der Waals surface area (Å²) in [6.07, 6.45) is 2.66. The van der Waals surface area contributed by atoms with Gasteiger partial charge in [-0.05, 0) is 12.1 Å². The number of rotatable bonds is 2. The molecule has 5 nitrogen and oxygen atoms in total. The molecule has 7 heteroatoms. The lowest BCUT2D eigenvalue weighted by molar-refractivity contribution is -0.117. The number of amides is 1. The van der Waals surface area contributed by atoms with Crippen molar-refractivity contribution in [1.82, 2.24) is 4.98 Å². The van der Waals surface area contributed by atoms with Crippen molar-refractivity contribution in [3.63, 3.8) is 0 Å². The van der Waals surface area contributed by atoms with E-state index in [1.807, 2.05) is 0 Å². The van der Waals surface area contributed by atoms with Crippen LogP contribution in [0.25, 0.3) is 0 Å². The molecule has 0 bridgehead atoms. The summed E-state index contributed by atoms with van der Waals surface area (Å²) in [4.78, 5) is 16.5. The maximum absolute atomic E-state index is 12.7. The van der Waals surface area contributed by atoms with Gasteiger partial charge in [-0.1, -0.05) is 0 Å². The lowest BCUT2D eigenvalue weighted by atomic mass is 10.4. The molecule has 0 saturated carbocycles. The fourth-order valence-corrected chi connectivity index (χ4v) is 2.30. The van der Waals surface area contributed by atoms with Crippen LogP contribution in [0.4, 0.5) is 9.57 Å². The Morgan fingerprint density at radius 2 is 2.25 bits per heavy atom. The number of aromatic nitrogens is 1. The predicted octanol–water partition coefficient (Wildman–Crippen LogP) is 0.486. The standard InChI is InChI=1S/C9H9FN2O3S/c10-16(14,15)8-4-9(13)12(6-8)7-2-1-3-11-5-7/h1-3,5,8H,4,6H2. The molecule has 1 aliphatic rings. The van der Waals surface area contributed by atoms with Gasteiger partial charge in [0.2, 0.25) is 5.91 Å². The number of halogens is 1. The van der Waals surface area contributed by atoms with E-state index >= 15 is 0 Å². The highest BCUT2D eigenvalue weighted by atomic mass is 32.3. The number of nitrogens with zero attached hydrogens (tertiary/aromatic N) is 2. The zero-order valence-corrected chi connectivity index (χ0v) is 9.02. The third-order valence-electron chi connectivity index (χ3n) is 2.45. The van der Waals surface area contributed by atoms with Gasteiger partial charge >= 0.3 is 10.2 Å². The quantitative estimate of drug-likeness (QED) is 0.710. The maximum atomic E-state index is 12.7. The SMILES string of the molecule is O=C1CC(S(=O)(=O)F)CN1c1cccnc1. The molecule has 2 heterocycles. The molecule has 1 unspecified atom stereocenters. The van der Waals surface area contributed by atoms with E-state index in [0.29, 0.717) is 5.69 Å². The highest BCUT2D eigenvalue weighted by Gasteiger charge is 2.39. The first-order valence-electron chi connectivity index (χ1n) is 4.62. The minimum Gasteiger partial charge on any atom is -0.309 e. The summed E-state index contributed by atoms with van der Waals surface area (Å²) in [7, 11) is -4.66. The Morgan fingerprint density at radius 1 is 1.50 bits per heavy atom. The van der Waals surface area contributed by atoms with Crippen molar-refractivity contribution in [3.8, 4) is 0 Å². The monoisotopic (exact) mass is 244 g/mol. The van der Waals surface area contributed by atoms with E-state index in [9.17, 15) is 17.1 Å². The number of pyridine rings is 1. The highest BCUT2D eigenvalue weighted by Crippen LogP contribution is 2.24. The van der Waals surface area contributed by atoms with Crippen molar-refractivity contribution in [2.24, 2.45) is 0 Å². The molecule has 0 aromatic carbocycles. The normalized spacial score (nSPS) is 21.4. The molecule has 1 amide bonds. The van der Waals surface area contributed by atoms with Crippen molar-refractivity contribution >= 4 is 21.8 Å². The van der Waals surface area contributed by atoms with Crippen LogP contribution < -0.4 is 4.90 Å². The molecular formula is C9H9FN2O3S. The van der Waals surface area contributed by atoms with Gasteiger partial charge in [-0.2, -0.15) is 8.42 Å². The highest BCUT2D eigenvalue weighted by molar-refractivity contribution is 7.87. The molecule has 1 saturated heterocycles. The van der Waals surface area contributed by atoms with E-state index in [2.05, 4.69) is 4.98 Å². The average molecular weight is 244 g/mol. The first-order valence-corrected chi connectivity index (χ1v) is 6.07. The van der Waals surface area contributed by atoms with Gasteiger partial charge in [-0.15, -0.1) is 3.89 Å². The molecule has 1 aromatic rings. The minimum atomic E-state index is -4.66. The second-order valence-corrected chi connectivity index (χ2v) is 5.14. The Balaban J connectivity index is 2.25. The molecule has 86 valence electrons. The number of carbonyl (C=O) groups excluding carboxylic acids is 1. The Bertz CT molecular complexity index is 503. The first-order chi connectivity index (χ1) is 7.48. The average Bonchev–Trinajstić information content (AvgIpc) is 2.61. The summed E-state index contributed by atoms with van der Waals surface area (Å²) >= 11 is 0. The summed E-state index contributed by atoms with van der Waals surface area (Å²) in [5.41, 5.74) is 0.485. The zero-order chi connectivity index (χ0) is 11.8. The van der Waals surface area contributed by atoms with E-state index in [0.717, 1.165) is 0 Å². The summed E-state index contributed by atoms with van der Waals surface area (Å²) < 4.78 is 34.1. The van der Waals surface area contributed by atoms with Crippen LogP contribution in [0.15, 0.2) is 24.5 Å². The molecule has 1 aromatic heterocycles. The molecule has 2 rings (SSSR count). The van der Waals surface area contributed by atoms with Gasteiger partial charge in [0.05, 0.1) is 11.9 Å². The van der Waals surface area contributed by atoms with Crippen molar-refractivity contribution < 1.29 is 17.1 Å². The topological polar surface area (TPSA) is 67.3 Å². The fraction of sp³-hybridized carbons (Fsp3) is 0.333. The molecule has 0 radical (unpaired) electrons. The van der Waals surface area contributed by atoms with Crippen molar-refractivity contribution in [2.45, 2.75) is 11.7 Å². The van der Waals surface area contributed by atoms with Crippen LogP contribution in [-0.2, 0) is 15.0 Å². The van der Waals surface area contributed by atoms with E-state index in [-0.39, 0.29) is 13.0 Å². The van der Waals surface area contributed by atoms with Gasteiger partial charge in [-0.3, -0.25) is 9.78 Å². The Hall–Kier alpha value is -1.50. The van der Waals surface area contributed by atoms with Crippen molar-refractivity contribution in [2.75, 3.05) is 11.4 Å². The van der Waals surface area contributed by atoms with Gasteiger partial charge in [0.15, 0.2) is 0 Å². The van der Waals surface area contributed by atoms with Crippen molar-refractivity contribution in [3.05, 3.63) is 24.5 Å². The predicted molar refractivity (Wildman–Crippen MR) is 55.0 cm³/mol. The smallest absolute Gasteiger partial charge is 0.307 e. The molecule has 0 N–H and O–H groups in total. The van der Waals surface area contributed by atoms with Gasteiger partial charge in [-0.25, -0.2) is 0 Å². The Morgan fingerprint density at radius 3 is 2.75 bits per heavy atom. The van der Waals surface area contributed by atoms with Crippen LogP contribution in [0, 0.1) is 0 Å². The lowest BCUT2D eigenvalue weighted by Crippen LogP contribution is -2.26. The number of carbonyl (C=O) groups is 1. The fourth-order valence-electron chi connectivity index (χ4n) is 1.63. The van der Waals surface area contributed by atoms with Crippen LogP contribution in [0.2, 0.25) is 0 Å². The summed E-state index contributed by atoms with van der Waals surface area (Å²) in [5, 5.41) is -1.26. The van der Waals surface area contributed by atoms with Gasteiger partial charge < -0.3 is 4.90 Å². The van der Waals surface area contributed by atoms with Gasteiger partial charge in [0.25, 0.3) is 0 Å². The zero-order valence-electron chi connectivity index (χ0n) is 8.21. The molecule has 0 aliphatic carbocycles. The summed E-state index contributed by atoms with van der Waals surface area (Å²) in [6.45, 7) is -0.149. The van der Waals surface area contributed by atoms with Gasteiger partial charge in [0, 0.05) is 19.2 Å². The summed E-state index contributed by atoms with van der Waals surface area (Å²) in [5.74, 6) is -0.403. The molecule has 1 aliphatic heterocycles. The van der Waals surface area contributed by atoms with Crippen LogP contribution in [0.1, 0.15) is 6.42 Å². The summed E-state index contributed by atoms with van der Waals surface area (Å²) in [6, 6.07) is 3.25. The molecular weight excluding hydrogens is 235 g/mol. The van der Waals surface area contributed by atoms with Gasteiger partial charge in [0.1, 0.15) is 5.25 Å². The van der Waals surface area contributed by atoms with Crippen LogP contribution in [0.5, 0.6) is 0 Å². The van der Waals surface area contributed by atoms with Crippen molar-refractivity contribution in [1.29, 1.82) is 0 Å². The largest absolute Gasteiger partial charge is 0.309 e. The van der Waals surface area contributed by atoms with E-state index in [1.165, 1.54) is 17.3 Å². The lowest BCUT2D eigenvalue weighted by Gasteiger charge is -2.14. The second-order valence-electron chi connectivity index (χ2n) is 3.52. The third kappa shape index (κ3) is 2.04. The second kappa shape index (κ2) is 3.82. The first kappa shape index (κ1) is 11.0. The number of anilines is 1. The molecule has 0 spiro atoms. The molecule has 1 fully saturated rings. The van der Waals surface area contributed by atoms with Crippen LogP contribution in [0.3, 0.4) is 0 Å². The number of hydrogen-bond donors (Lipinski definition) is 0. The Labute approximate surface area is 92.1 Å². The third-order valence-corrected chi connectivity index (χ3v) is 3.56. The van der Waals surface area contributed by atoms with Crippen LogP contribution >= 0.6 is 0 Å². The number of hydrogen-bond acceptors (Lipinski definition) is 4. The molecule has 16 heavy (non-hydrogen) atoms. The van der Waals surface area contributed by atoms with Crippen LogP contribution in [-0.4, -0.2) is 31.1 Å². The maximum Gasteiger partial charge on any atom is 0.307 e. The molecule has 1 atom stereocenters. The Kier molecular flexibility index (Phi) is 2.63. The van der Waals surface area contributed by atoms with E-state index in [4.69, 9.17) is 0 Å². The van der Waals surface area contributed by atoms with E-state index in [1.54, 1.807) is 12.1 Å². The minimum absolute atomic E-state index is 0.149.